The van der Waals surface area contributed by atoms with E-state index in [1.54, 1.807) is 0 Å². The third-order valence-corrected chi connectivity index (χ3v) is 4.87. The first-order valence-corrected chi connectivity index (χ1v) is 9.29. The molecule has 0 aliphatic carbocycles. The number of benzene rings is 2. The molecular formula is C20H17Cl2N5. The number of halogens is 2. The van der Waals surface area contributed by atoms with Crippen molar-refractivity contribution in [2.75, 3.05) is 17.2 Å². The highest BCUT2D eigenvalue weighted by Gasteiger charge is 2.08. The van der Waals surface area contributed by atoms with Crippen LogP contribution in [-0.2, 0) is 6.42 Å². The number of hydrogen-bond acceptors (Lipinski definition) is 4. The first kappa shape index (κ1) is 17.6. The van der Waals surface area contributed by atoms with Crippen LogP contribution in [0.1, 0.15) is 5.56 Å². The molecule has 0 aliphatic heterocycles. The predicted molar refractivity (Wildman–Crippen MR) is 112 cm³/mol. The maximum Gasteiger partial charge on any atom is 0.176 e. The number of fused-ring (bicyclic) bond motifs is 1. The van der Waals surface area contributed by atoms with Gasteiger partial charge in [0.25, 0.3) is 0 Å². The molecule has 5 nitrogen and oxygen atoms in total. The van der Waals surface area contributed by atoms with Crippen LogP contribution in [0.25, 0.3) is 10.9 Å². The van der Waals surface area contributed by atoms with Gasteiger partial charge in [0, 0.05) is 35.0 Å². The molecule has 0 radical (unpaired) electrons. The van der Waals surface area contributed by atoms with Gasteiger partial charge in [0.15, 0.2) is 5.15 Å². The summed E-state index contributed by atoms with van der Waals surface area (Å²) < 4.78 is 0. The molecule has 3 N–H and O–H groups in total. The van der Waals surface area contributed by atoms with Gasteiger partial charge in [-0.1, -0.05) is 41.4 Å². The average Bonchev–Trinajstić information content (AvgIpc) is 3.09. The molecule has 0 saturated carbocycles. The lowest BCUT2D eigenvalue weighted by molar-refractivity contribution is 1.03. The topological polar surface area (TPSA) is 65.6 Å². The van der Waals surface area contributed by atoms with Gasteiger partial charge in [-0.2, -0.15) is 5.10 Å². The Bertz CT molecular complexity index is 1040. The molecule has 0 fully saturated rings. The highest BCUT2D eigenvalue weighted by atomic mass is 35.5. The number of para-hydroxylation sites is 1. The highest BCUT2D eigenvalue weighted by molar-refractivity contribution is 6.38. The minimum Gasteiger partial charge on any atom is -0.385 e. The van der Waals surface area contributed by atoms with Crippen LogP contribution in [-0.4, -0.2) is 21.7 Å². The molecule has 0 spiro atoms. The molecule has 0 aliphatic rings. The second-order valence-electron chi connectivity index (χ2n) is 6.10. The van der Waals surface area contributed by atoms with Crippen molar-refractivity contribution in [1.29, 1.82) is 0 Å². The van der Waals surface area contributed by atoms with E-state index >= 15 is 0 Å². The normalized spacial score (nSPS) is 10.9. The lowest BCUT2D eigenvalue weighted by Gasteiger charge is -2.10. The molecule has 2 aromatic heterocycles. The van der Waals surface area contributed by atoms with Gasteiger partial charge in [-0.05, 0) is 42.3 Å². The van der Waals surface area contributed by atoms with Crippen molar-refractivity contribution in [2.24, 2.45) is 0 Å². The monoisotopic (exact) mass is 397 g/mol. The highest BCUT2D eigenvalue weighted by Crippen LogP contribution is 2.30. The van der Waals surface area contributed by atoms with Crippen LogP contribution in [0.15, 0.2) is 60.9 Å². The van der Waals surface area contributed by atoms with Gasteiger partial charge >= 0.3 is 0 Å². The first-order valence-electron chi connectivity index (χ1n) is 8.53. The second-order valence-corrected chi connectivity index (χ2v) is 6.86. The Kier molecular flexibility index (Phi) is 5.14. The Morgan fingerprint density at radius 3 is 2.56 bits per heavy atom. The lowest BCUT2D eigenvalue weighted by Crippen LogP contribution is -2.04. The fourth-order valence-electron chi connectivity index (χ4n) is 2.95. The Labute approximate surface area is 166 Å². The zero-order valence-corrected chi connectivity index (χ0v) is 15.8. The van der Waals surface area contributed by atoms with Crippen LogP contribution in [0.3, 0.4) is 0 Å². The van der Waals surface area contributed by atoms with Gasteiger partial charge in [-0.15, -0.1) is 5.10 Å². The van der Waals surface area contributed by atoms with E-state index in [0.29, 0.717) is 10.7 Å². The van der Waals surface area contributed by atoms with Gasteiger partial charge in [0.05, 0.1) is 16.9 Å². The van der Waals surface area contributed by atoms with E-state index in [4.69, 9.17) is 23.2 Å². The van der Waals surface area contributed by atoms with Crippen molar-refractivity contribution < 1.29 is 0 Å². The van der Waals surface area contributed by atoms with E-state index in [-0.39, 0.29) is 5.15 Å². The van der Waals surface area contributed by atoms with E-state index in [0.717, 1.165) is 24.3 Å². The molecule has 27 heavy (non-hydrogen) atoms. The number of anilines is 3. The van der Waals surface area contributed by atoms with Gasteiger partial charge in [0.2, 0.25) is 0 Å². The molecule has 4 rings (SSSR count). The summed E-state index contributed by atoms with van der Waals surface area (Å²) in [4.78, 5) is 3.31. The van der Waals surface area contributed by atoms with Gasteiger partial charge in [-0.3, -0.25) is 0 Å². The summed E-state index contributed by atoms with van der Waals surface area (Å²) in [5.41, 5.74) is 4.95. The molecular weight excluding hydrogens is 381 g/mol. The summed E-state index contributed by atoms with van der Waals surface area (Å²) >= 11 is 12.1. The number of rotatable bonds is 6. The van der Waals surface area contributed by atoms with Gasteiger partial charge in [-0.25, -0.2) is 0 Å². The number of hydrogen-bond donors (Lipinski definition) is 3. The molecule has 0 amide bonds. The van der Waals surface area contributed by atoms with Crippen molar-refractivity contribution >= 4 is 51.2 Å². The average molecular weight is 398 g/mol. The number of nitrogens with zero attached hydrogens (tertiary/aromatic N) is 2. The maximum absolute atomic E-state index is 6.11. The lowest BCUT2D eigenvalue weighted by atomic mass is 10.1. The molecule has 0 atom stereocenters. The molecule has 4 aromatic rings. The molecule has 7 heteroatoms. The minimum absolute atomic E-state index is 0.239. The van der Waals surface area contributed by atoms with Crippen molar-refractivity contribution in [3.63, 3.8) is 0 Å². The van der Waals surface area contributed by atoms with Crippen LogP contribution >= 0.6 is 23.2 Å². The van der Waals surface area contributed by atoms with Crippen LogP contribution in [0.5, 0.6) is 0 Å². The Morgan fingerprint density at radius 2 is 1.74 bits per heavy atom. The van der Waals surface area contributed by atoms with E-state index in [9.17, 15) is 0 Å². The van der Waals surface area contributed by atoms with E-state index < -0.39 is 0 Å². The Hall–Kier alpha value is -2.76. The zero-order chi connectivity index (χ0) is 18.6. The maximum atomic E-state index is 6.11. The summed E-state index contributed by atoms with van der Waals surface area (Å²) in [5, 5.41) is 16.1. The van der Waals surface area contributed by atoms with Crippen LogP contribution < -0.4 is 10.6 Å². The fraction of sp³-hybridized carbons (Fsp3) is 0.100. The van der Waals surface area contributed by atoms with Crippen molar-refractivity contribution in [1.82, 2.24) is 15.2 Å². The third-order valence-electron chi connectivity index (χ3n) is 4.31. The van der Waals surface area contributed by atoms with E-state index in [2.05, 4.69) is 50.2 Å². The number of aromatic amines is 1. The first-order chi connectivity index (χ1) is 13.2. The number of aromatic nitrogens is 3. The van der Waals surface area contributed by atoms with Crippen LogP contribution in [0.2, 0.25) is 10.2 Å². The zero-order valence-electron chi connectivity index (χ0n) is 14.3. The summed E-state index contributed by atoms with van der Waals surface area (Å²) in [6, 6.07) is 16.3. The largest absolute Gasteiger partial charge is 0.385 e. The smallest absolute Gasteiger partial charge is 0.176 e. The minimum atomic E-state index is 0.239. The van der Waals surface area contributed by atoms with Crippen LogP contribution in [0.4, 0.5) is 17.1 Å². The quantitative estimate of drug-likeness (QED) is 0.392. The van der Waals surface area contributed by atoms with Gasteiger partial charge < -0.3 is 15.6 Å². The summed E-state index contributed by atoms with van der Waals surface area (Å²) in [6.07, 6.45) is 4.48. The van der Waals surface area contributed by atoms with Crippen LogP contribution in [0, 0.1) is 0 Å². The SMILES string of the molecule is Clc1cnnc(Cl)c1Nc1ccc(NCCc2c[nH]c3ccccc23)cc1. The third kappa shape index (κ3) is 3.99. The molecule has 2 aromatic carbocycles. The Balaban J connectivity index is 1.37. The van der Waals surface area contributed by atoms with Crippen molar-refractivity contribution in [2.45, 2.75) is 6.42 Å². The predicted octanol–water partition coefficient (Wildman–Crippen LogP) is 5.66. The standard InChI is InChI=1S/C20H17Cl2N5/c21-17-12-25-27-20(22)19(17)26-15-7-5-14(6-8-15)23-10-9-13-11-24-18-4-2-1-3-16(13)18/h1-8,11-12,23-24H,9-10H2,(H,25,26). The molecule has 136 valence electrons. The van der Waals surface area contributed by atoms with Gasteiger partial charge in [0.1, 0.15) is 0 Å². The molecule has 0 bridgehead atoms. The molecule has 0 saturated heterocycles. The van der Waals surface area contributed by atoms with E-state index in [1.807, 2.05) is 30.3 Å². The summed E-state index contributed by atoms with van der Waals surface area (Å²) in [5.74, 6) is 0. The number of H-pyrrole nitrogens is 1. The Morgan fingerprint density at radius 1 is 0.963 bits per heavy atom. The second kappa shape index (κ2) is 7.86. The van der Waals surface area contributed by atoms with Crippen molar-refractivity contribution in [3.05, 3.63) is 76.7 Å². The number of nitrogens with one attached hydrogen (secondary N) is 3. The molecule has 0 unspecified atom stereocenters. The van der Waals surface area contributed by atoms with Crippen molar-refractivity contribution in [3.8, 4) is 0 Å². The summed E-state index contributed by atoms with van der Waals surface area (Å²) in [6.45, 7) is 0.848. The fourth-order valence-corrected chi connectivity index (χ4v) is 3.37. The van der Waals surface area contributed by atoms with E-state index in [1.165, 1.54) is 22.7 Å². The summed E-state index contributed by atoms with van der Waals surface area (Å²) in [7, 11) is 0. The molecule has 2 heterocycles.